The minimum absolute atomic E-state index is 0.768. The fourth-order valence-corrected chi connectivity index (χ4v) is 3.96. The average molecular weight is 328 g/mol. The van der Waals surface area contributed by atoms with Crippen molar-refractivity contribution < 1.29 is 4.74 Å². The van der Waals surface area contributed by atoms with Gasteiger partial charge in [-0.2, -0.15) is 0 Å². The van der Waals surface area contributed by atoms with Gasteiger partial charge in [-0.1, -0.05) is 46.8 Å². The van der Waals surface area contributed by atoms with Crippen LogP contribution in [-0.2, 0) is 10.5 Å². The quantitative estimate of drug-likeness (QED) is 0.805. The van der Waals surface area contributed by atoms with Crippen molar-refractivity contribution in [2.24, 2.45) is 0 Å². The minimum Gasteiger partial charge on any atom is -0.378 e. The molecule has 1 aromatic heterocycles. The van der Waals surface area contributed by atoms with E-state index in [1.165, 1.54) is 5.56 Å². The number of hydrogen-bond acceptors (Lipinski definition) is 6. The predicted molar refractivity (Wildman–Crippen MR) is 84.0 cm³/mol. The van der Waals surface area contributed by atoms with Crippen LogP contribution in [0.1, 0.15) is 5.56 Å². The van der Waals surface area contributed by atoms with Crippen LogP contribution in [0.5, 0.6) is 0 Å². The number of ether oxygens (including phenoxy) is 1. The number of hydrogen-bond donors (Lipinski definition) is 0. The Labute approximate surface area is 131 Å². The van der Waals surface area contributed by atoms with Gasteiger partial charge >= 0.3 is 0 Å². The third kappa shape index (κ3) is 3.63. The van der Waals surface area contributed by atoms with Gasteiger partial charge in [0, 0.05) is 23.9 Å². The van der Waals surface area contributed by atoms with Crippen LogP contribution in [0.25, 0.3) is 0 Å². The summed E-state index contributed by atoms with van der Waals surface area (Å²) in [6.45, 7) is 3.33. The van der Waals surface area contributed by atoms with Gasteiger partial charge in [-0.05, 0) is 17.7 Å². The van der Waals surface area contributed by atoms with E-state index in [-0.39, 0.29) is 0 Å². The number of halogens is 1. The first-order valence-corrected chi connectivity index (χ1v) is 8.53. The highest BCUT2D eigenvalue weighted by Gasteiger charge is 2.15. The molecule has 0 bridgehead atoms. The number of thioether (sulfide) groups is 1. The fourth-order valence-electron chi connectivity index (χ4n) is 1.92. The molecule has 1 aromatic carbocycles. The molecule has 1 fully saturated rings. The van der Waals surface area contributed by atoms with Gasteiger partial charge in [0.15, 0.2) is 4.34 Å². The molecule has 2 heterocycles. The van der Waals surface area contributed by atoms with Crippen molar-refractivity contribution in [3.8, 4) is 0 Å². The lowest BCUT2D eigenvalue weighted by Crippen LogP contribution is -2.36. The van der Waals surface area contributed by atoms with E-state index in [9.17, 15) is 0 Å². The molecule has 1 aliphatic rings. The van der Waals surface area contributed by atoms with Crippen molar-refractivity contribution in [3.63, 3.8) is 0 Å². The first kappa shape index (κ1) is 14.1. The van der Waals surface area contributed by atoms with Gasteiger partial charge in [-0.3, -0.25) is 0 Å². The number of aromatic nitrogens is 2. The third-order valence-corrected chi connectivity index (χ3v) is 5.35. The second-order valence-electron chi connectivity index (χ2n) is 4.37. The molecule has 0 amide bonds. The van der Waals surface area contributed by atoms with E-state index in [1.54, 1.807) is 23.1 Å². The van der Waals surface area contributed by atoms with Crippen LogP contribution < -0.4 is 4.90 Å². The molecule has 4 nitrogen and oxygen atoms in total. The molecule has 0 atom stereocenters. The summed E-state index contributed by atoms with van der Waals surface area (Å²) in [5.41, 5.74) is 1.20. The molecule has 1 aliphatic heterocycles. The van der Waals surface area contributed by atoms with Gasteiger partial charge in [0.2, 0.25) is 5.13 Å². The third-order valence-electron chi connectivity index (χ3n) is 2.93. The van der Waals surface area contributed by atoms with Crippen LogP contribution in [0.4, 0.5) is 5.13 Å². The van der Waals surface area contributed by atoms with Crippen LogP contribution in [0.15, 0.2) is 28.6 Å². The largest absolute Gasteiger partial charge is 0.378 e. The van der Waals surface area contributed by atoms with Gasteiger partial charge in [0.25, 0.3) is 0 Å². The zero-order valence-electron chi connectivity index (χ0n) is 10.8. The molecule has 0 unspecified atom stereocenters. The number of morpholine rings is 1. The Morgan fingerprint density at radius 2 is 2.15 bits per heavy atom. The molecule has 3 rings (SSSR count). The first-order chi connectivity index (χ1) is 9.81. The molecule has 1 saturated heterocycles. The first-order valence-electron chi connectivity index (χ1n) is 6.35. The van der Waals surface area contributed by atoms with Crippen LogP contribution >= 0.6 is 34.7 Å². The molecule has 0 N–H and O–H groups in total. The highest BCUT2D eigenvalue weighted by atomic mass is 35.5. The Hall–Kier alpha value is -0.820. The van der Waals surface area contributed by atoms with Gasteiger partial charge < -0.3 is 9.64 Å². The van der Waals surface area contributed by atoms with Crippen molar-refractivity contribution >= 4 is 39.8 Å². The normalized spacial score (nSPS) is 15.6. The zero-order valence-corrected chi connectivity index (χ0v) is 13.2. The minimum atomic E-state index is 0.768. The molecular weight excluding hydrogens is 314 g/mol. The topological polar surface area (TPSA) is 38.2 Å². The van der Waals surface area contributed by atoms with E-state index < -0.39 is 0 Å². The van der Waals surface area contributed by atoms with Gasteiger partial charge in [-0.25, -0.2) is 0 Å². The second-order valence-corrected chi connectivity index (χ2v) is 6.98. The van der Waals surface area contributed by atoms with E-state index in [0.29, 0.717) is 0 Å². The molecule has 2 aromatic rings. The standard InChI is InChI=1S/C13H14ClN3OS2/c14-11-3-1-2-10(8-11)9-19-13-16-15-12(20-13)17-4-6-18-7-5-17/h1-3,8H,4-7,9H2. The van der Waals surface area contributed by atoms with Crippen molar-refractivity contribution in [1.82, 2.24) is 10.2 Å². The van der Waals surface area contributed by atoms with Gasteiger partial charge in [0.05, 0.1) is 13.2 Å². The molecule has 0 spiro atoms. The van der Waals surface area contributed by atoms with Gasteiger partial charge in [0.1, 0.15) is 0 Å². The van der Waals surface area contributed by atoms with Crippen LogP contribution in [0, 0.1) is 0 Å². The summed E-state index contributed by atoms with van der Waals surface area (Å²) < 4.78 is 6.33. The molecule has 7 heteroatoms. The average Bonchev–Trinajstić information content (AvgIpc) is 2.95. The van der Waals surface area contributed by atoms with Crippen molar-refractivity contribution in [2.75, 3.05) is 31.2 Å². The predicted octanol–water partition coefficient (Wildman–Crippen LogP) is 3.32. The summed E-state index contributed by atoms with van der Waals surface area (Å²) in [6, 6.07) is 7.91. The van der Waals surface area contributed by atoms with Crippen LogP contribution in [0.2, 0.25) is 5.02 Å². The highest BCUT2D eigenvalue weighted by Crippen LogP contribution is 2.30. The summed E-state index contributed by atoms with van der Waals surface area (Å²) >= 11 is 9.32. The van der Waals surface area contributed by atoms with Crippen molar-refractivity contribution in [2.45, 2.75) is 10.1 Å². The number of rotatable bonds is 4. The SMILES string of the molecule is Clc1cccc(CSc2nnc(N3CCOCC3)s2)c1. The molecular formula is C13H14ClN3OS2. The highest BCUT2D eigenvalue weighted by molar-refractivity contribution is 8.00. The molecule has 0 saturated carbocycles. The van der Waals surface area contributed by atoms with E-state index in [4.69, 9.17) is 16.3 Å². The summed E-state index contributed by atoms with van der Waals surface area (Å²) in [5, 5.41) is 10.3. The Kier molecular flexibility index (Phi) is 4.77. The van der Waals surface area contributed by atoms with E-state index in [1.807, 2.05) is 18.2 Å². The Morgan fingerprint density at radius 1 is 1.30 bits per heavy atom. The van der Waals surface area contributed by atoms with Crippen LogP contribution in [-0.4, -0.2) is 36.5 Å². The number of nitrogens with zero attached hydrogens (tertiary/aromatic N) is 3. The van der Waals surface area contributed by atoms with E-state index in [0.717, 1.165) is 46.5 Å². The van der Waals surface area contributed by atoms with E-state index >= 15 is 0 Å². The molecule has 106 valence electrons. The Balaban J connectivity index is 1.59. The maximum absolute atomic E-state index is 5.98. The lowest BCUT2D eigenvalue weighted by Gasteiger charge is -2.25. The summed E-state index contributed by atoms with van der Waals surface area (Å²) in [6.07, 6.45) is 0. The Morgan fingerprint density at radius 3 is 2.95 bits per heavy atom. The monoisotopic (exact) mass is 327 g/mol. The fraction of sp³-hybridized carbons (Fsp3) is 0.385. The van der Waals surface area contributed by atoms with Crippen molar-refractivity contribution in [1.29, 1.82) is 0 Å². The second kappa shape index (κ2) is 6.76. The lowest BCUT2D eigenvalue weighted by molar-refractivity contribution is 0.122. The summed E-state index contributed by atoms with van der Waals surface area (Å²) in [7, 11) is 0. The maximum atomic E-state index is 5.98. The van der Waals surface area contributed by atoms with Gasteiger partial charge in [-0.15, -0.1) is 10.2 Å². The summed E-state index contributed by atoms with van der Waals surface area (Å²) in [4.78, 5) is 2.23. The Bertz CT molecular complexity index is 572. The molecule has 0 radical (unpaired) electrons. The molecule has 0 aliphatic carbocycles. The summed E-state index contributed by atoms with van der Waals surface area (Å²) in [5.74, 6) is 0.859. The van der Waals surface area contributed by atoms with Crippen molar-refractivity contribution in [3.05, 3.63) is 34.9 Å². The lowest BCUT2D eigenvalue weighted by atomic mass is 10.2. The van der Waals surface area contributed by atoms with Crippen LogP contribution in [0.3, 0.4) is 0 Å². The van der Waals surface area contributed by atoms with E-state index in [2.05, 4.69) is 21.2 Å². The number of benzene rings is 1. The zero-order chi connectivity index (χ0) is 13.8. The molecule has 20 heavy (non-hydrogen) atoms. The smallest absolute Gasteiger partial charge is 0.209 e. The number of anilines is 1. The maximum Gasteiger partial charge on any atom is 0.209 e.